The predicted molar refractivity (Wildman–Crippen MR) is 76.9 cm³/mol. The Labute approximate surface area is 126 Å². The Morgan fingerprint density at radius 1 is 1.23 bits per heavy atom. The number of aliphatic hydroxyl groups excluding tert-OH is 1. The first-order valence-corrected chi connectivity index (χ1v) is 7.45. The third-order valence-electron chi connectivity index (χ3n) is 4.91. The van der Waals surface area contributed by atoms with Crippen LogP contribution in [-0.4, -0.2) is 25.0 Å². The Kier molecular flexibility index (Phi) is 2.35. The third-order valence-corrected chi connectivity index (χ3v) is 4.91. The van der Waals surface area contributed by atoms with E-state index in [1.54, 1.807) is 0 Å². The second-order valence-electron chi connectivity index (χ2n) is 5.96. The van der Waals surface area contributed by atoms with E-state index in [4.69, 9.17) is 4.63 Å². The number of aromatic nitrogens is 4. The number of imidazole rings is 1. The van der Waals surface area contributed by atoms with Gasteiger partial charge in [0.2, 0.25) is 0 Å². The number of aliphatic hydroxyl groups is 1. The van der Waals surface area contributed by atoms with Crippen LogP contribution >= 0.6 is 0 Å². The van der Waals surface area contributed by atoms with Crippen molar-refractivity contribution in [3.63, 3.8) is 0 Å². The van der Waals surface area contributed by atoms with Crippen molar-refractivity contribution in [2.45, 2.75) is 25.0 Å². The Hall–Kier alpha value is -2.47. The highest BCUT2D eigenvalue weighted by Crippen LogP contribution is 2.49. The quantitative estimate of drug-likeness (QED) is 0.744. The summed E-state index contributed by atoms with van der Waals surface area (Å²) >= 11 is 0. The van der Waals surface area contributed by atoms with Crippen molar-refractivity contribution >= 4 is 0 Å². The smallest absolute Gasteiger partial charge is 0.137 e. The molecular formula is C16H14N4O2. The number of aryl methyl sites for hydroxylation is 1. The molecule has 0 radical (unpaired) electrons. The van der Waals surface area contributed by atoms with Crippen molar-refractivity contribution in [3.8, 4) is 11.3 Å². The minimum Gasteiger partial charge on any atom is -0.386 e. The molecule has 6 nitrogen and oxygen atoms in total. The average Bonchev–Trinajstić information content (AvgIpc) is 3.23. The number of rotatable bonds is 1. The van der Waals surface area contributed by atoms with Gasteiger partial charge in [-0.15, -0.1) is 0 Å². The Morgan fingerprint density at radius 3 is 3.09 bits per heavy atom. The lowest BCUT2D eigenvalue weighted by molar-refractivity contribution is 0.0662. The molecule has 0 spiro atoms. The number of benzene rings is 1. The van der Waals surface area contributed by atoms with Crippen LogP contribution in [0.3, 0.4) is 0 Å². The van der Waals surface area contributed by atoms with Crippen LogP contribution in [0.4, 0.5) is 0 Å². The summed E-state index contributed by atoms with van der Waals surface area (Å²) in [4.78, 5) is 4.28. The molecule has 22 heavy (non-hydrogen) atoms. The van der Waals surface area contributed by atoms with Crippen LogP contribution in [0, 0.1) is 5.92 Å². The molecule has 3 heterocycles. The summed E-state index contributed by atoms with van der Waals surface area (Å²) in [6, 6.07) is 8.41. The summed E-state index contributed by atoms with van der Waals surface area (Å²) in [5.74, 6) is 0.0380. The van der Waals surface area contributed by atoms with Crippen LogP contribution < -0.4 is 0 Å². The van der Waals surface area contributed by atoms with Crippen LogP contribution in [0.25, 0.3) is 11.3 Å². The monoisotopic (exact) mass is 294 g/mol. The molecule has 0 saturated heterocycles. The fraction of sp³-hybridized carbons (Fsp3) is 0.312. The van der Waals surface area contributed by atoms with Crippen LogP contribution in [0.1, 0.15) is 35.5 Å². The first kappa shape index (κ1) is 12.1. The van der Waals surface area contributed by atoms with Crippen molar-refractivity contribution in [1.29, 1.82) is 0 Å². The van der Waals surface area contributed by atoms with Crippen LogP contribution in [0.5, 0.6) is 0 Å². The van der Waals surface area contributed by atoms with Gasteiger partial charge in [-0.1, -0.05) is 34.6 Å². The SMILES string of the molecule is O[C@H]1c2nonc2CC[C@@H]1[C@H]1c2ccccc2-c2cncn21. The maximum Gasteiger partial charge on any atom is 0.137 e. The number of hydrogen-bond donors (Lipinski definition) is 1. The summed E-state index contributed by atoms with van der Waals surface area (Å²) in [5, 5.41) is 18.5. The van der Waals surface area contributed by atoms with Gasteiger partial charge in [-0.2, -0.15) is 0 Å². The summed E-state index contributed by atoms with van der Waals surface area (Å²) in [5.41, 5.74) is 4.91. The Balaban J connectivity index is 1.65. The van der Waals surface area contributed by atoms with E-state index in [9.17, 15) is 5.11 Å². The van der Waals surface area contributed by atoms with Gasteiger partial charge in [-0.05, 0) is 18.4 Å². The minimum atomic E-state index is -0.665. The molecule has 2 aromatic heterocycles. The number of fused-ring (bicyclic) bond motifs is 4. The molecule has 110 valence electrons. The first-order chi connectivity index (χ1) is 10.8. The molecule has 1 aliphatic heterocycles. The second-order valence-corrected chi connectivity index (χ2v) is 5.96. The Morgan fingerprint density at radius 2 is 2.14 bits per heavy atom. The maximum absolute atomic E-state index is 10.8. The molecular weight excluding hydrogens is 280 g/mol. The predicted octanol–water partition coefficient (Wildman–Crippen LogP) is 2.13. The van der Waals surface area contributed by atoms with E-state index in [1.165, 1.54) is 11.1 Å². The highest BCUT2D eigenvalue weighted by atomic mass is 16.6. The van der Waals surface area contributed by atoms with Crippen molar-refractivity contribution < 1.29 is 9.74 Å². The molecule has 1 aliphatic carbocycles. The molecule has 1 aromatic carbocycles. The first-order valence-electron chi connectivity index (χ1n) is 7.45. The minimum absolute atomic E-state index is 0.0380. The van der Waals surface area contributed by atoms with Gasteiger partial charge in [0, 0.05) is 11.5 Å². The normalized spacial score (nSPS) is 25.6. The second kappa shape index (κ2) is 4.27. The number of hydrogen-bond acceptors (Lipinski definition) is 5. The fourth-order valence-corrected chi connectivity index (χ4v) is 3.92. The van der Waals surface area contributed by atoms with Gasteiger partial charge in [0.15, 0.2) is 0 Å². The van der Waals surface area contributed by atoms with E-state index in [2.05, 4.69) is 32.0 Å². The van der Waals surface area contributed by atoms with E-state index < -0.39 is 6.10 Å². The van der Waals surface area contributed by atoms with E-state index in [-0.39, 0.29) is 12.0 Å². The van der Waals surface area contributed by atoms with E-state index in [0.717, 1.165) is 24.2 Å². The van der Waals surface area contributed by atoms with Gasteiger partial charge in [0.05, 0.1) is 24.3 Å². The molecule has 0 saturated carbocycles. The molecule has 6 heteroatoms. The maximum atomic E-state index is 10.8. The van der Waals surface area contributed by atoms with Gasteiger partial charge < -0.3 is 9.67 Å². The van der Waals surface area contributed by atoms with Crippen LogP contribution in [0.2, 0.25) is 0 Å². The molecule has 0 unspecified atom stereocenters. The summed E-state index contributed by atoms with van der Waals surface area (Å²) < 4.78 is 6.96. The van der Waals surface area contributed by atoms with Crippen molar-refractivity contribution in [3.05, 3.63) is 53.7 Å². The fourth-order valence-electron chi connectivity index (χ4n) is 3.92. The largest absolute Gasteiger partial charge is 0.386 e. The third kappa shape index (κ3) is 1.45. The molecule has 0 fully saturated rings. The van der Waals surface area contributed by atoms with Crippen molar-refractivity contribution in [2.24, 2.45) is 5.92 Å². The Bertz CT molecular complexity index is 853. The molecule has 3 aromatic rings. The lowest BCUT2D eigenvalue weighted by atomic mass is 9.79. The van der Waals surface area contributed by atoms with Gasteiger partial charge in [-0.25, -0.2) is 9.61 Å². The summed E-state index contributed by atoms with van der Waals surface area (Å²) in [7, 11) is 0. The molecule has 0 bridgehead atoms. The van der Waals surface area contributed by atoms with Crippen LogP contribution in [-0.2, 0) is 6.42 Å². The topological polar surface area (TPSA) is 77.0 Å². The summed E-state index contributed by atoms with van der Waals surface area (Å²) in [6.45, 7) is 0. The van der Waals surface area contributed by atoms with E-state index in [0.29, 0.717) is 5.69 Å². The van der Waals surface area contributed by atoms with Gasteiger partial charge in [0.1, 0.15) is 17.5 Å². The van der Waals surface area contributed by atoms with Gasteiger partial charge in [0.25, 0.3) is 0 Å². The standard InChI is InChI=1S/C16H14N4O2/c21-16-11(5-6-12-14(16)19-22-18-12)15-10-4-2-1-3-9(10)13-7-17-8-20(13)15/h1-4,7-8,11,15-16,21H,5-6H2/t11-,15-,16-/m1/s1. The lowest BCUT2D eigenvalue weighted by Crippen LogP contribution is -2.28. The van der Waals surface area contributed by atoms with Gasteiger partial charge in [-0.3, -0.25) is 0 Å². The average molecular weight is 294 g/mol. The zero-order valence-corrected chi connectivity index (χ0v) is 11.8. The van der Waals surface area contributed by atoms with E-state index in [1.807, 2.05) is 24.7 Å². The van der Waals surface area contributed by atoms with E-state index >= 15 is 0 Å². The van der Waals surface area contributed by atoms with Gasteiger partial charge >= 0.3 is 0 Å². The highest BCUT2D eigenvalue weighted by Gasteiger charge is 2.42. The summed E-state index contributed by atoms with van der Waals surface area (Å²) in [6.07, 6.45) is 4.70. The molecule has 1 N–H and O–H groups in total. The lowest BCUT2D eigenvalue weighted by Gasteiger charge is -2.32. The molecule has 0 amide bonds. The van der Waals surface area contributed by atoms with Crippen molar-refractivity contribution in [1.82, 2.24) is 19.9 Å². The molecule has 3 atom stereocenters. The zero-order valence-electron chi connectivity index (χ0n) is 11.8. The molecule has 2 aliphatic rings. The number of nitrogens with zero attached hydrogens (tertiary/aromatic N) is 4. The van der Waals surface area contributed by atoms with Crippen molar-refractivity contribution in [2.75, 3.05) is 0 Å². The highest BCUT2D eigenvalue weighted by molar-refractivity contribution is 5.69. The molecule has 5 rings (SSSR count). The van der Waals surface area contributed by atoms with Crippen LogP contribution in [0.15, 0.2) is 41.4 Å². The zero-order chi connectivity index (χ0) is 14.7.